The van der Waals surface area contributed by atoms with E-state index < -0.39 is 26.9 Å². The molecule has 0 unspecified atom stereocenters. The number of esters is 1. The van der Waals surface area contributed by atoms with Gasteiger partial charge >= 0.3 is 12.0 Å². The third-order valence-electron chi connectivity index (χ3n) is 2.96. The molecule has 0 atom stereocenters. The number of anilines is 1. The van der Waals surface area contributed by atoms with Crippen LogP contribution >= 0.6 is 11.6 Å². The summed E-state index contributed by atoms with van der Waals surface area (Å²) in [7, 11) is -4.36. The zero-order valence-electron chi connectivity index (χ0n) is 14.0. The Bertz CT molecular complexity index is 937. The zero-order valence-corrected chi connectivity index (χ0v) is 15.6. The van der Waals surface area contributed by atoms with Crippen LogP contribution in [0, 0.1) is 0 Å². The molecule has 0 aliphatic heterocycles. The summed E-state index contributed by atoms with van der Waals surface area (Å²) in [6, 6.07) is 5.44. The van der Waals surface area contributed by atoms with Gasteiger partial charge in [-0.25, -0.2) is 27.7 Å². The van der Waals surface area contributed by atoms with E-state index in [1.807, 2.05) is 0 Å². The van der Waals surface area contributed by atoms with Crippen LogP contribution in [0.4, 0.5) is 10.7 Å². The number of ether oxygens (including phenoxy) is 2. The second-order valence-corrected chi connectivity index (χ2v) is 6.62. The van der Waals surface area contributed by atoms with Crippen LogP contribution < -0.4 is 14.8 Å². The first-order chi connectivity index (χ1) is 12.9. The molecular formula is C15H15ClN4O6S. The smallest absolute Gasteiger partial charge is 0.339 e. The highest BCUT2D eigenvalue weighted by molar-refractivity contribution is 7.90. The van der Waals surface area contributed by atoms with E-state index in [1.54, 1.807) is 11.6 Å². The summed E-state index contributed by atoms with van der Waals surface area (Å²) in [5.41, 5.74) is -0.201. The molecule has 2 rings (SSSR count). The average Bonchev–Trinajstić information content (AvgIpc) is 2.62. The summed E-state index contributed by atoms with van der Waals surface area (Å²) in [6.45, 7) is 1.65. The van der Waals surface area contributed by atoms with Crippen molar-refractivity contribution >= 4 is 39.6 Å². The molecule has 0 spiro atoms. The molecule has 0 bridgehead atoms. The van der Waals surface area contributed by atoms with Crippen molar-refractivity contribution in [3.05, 3.63) is 42.1 Å². The number of aromatic nitrogens is 2. The van der Waals surface area contributed by atoms with Gasteiger partial charge in [0.15, 0.2) is 6.07 Å². The maximum atomic E-state index is 12.5. The van der Waals surface area contributed by atoms with E-state index in [0.29, 0.717) is 0 Å². The van der Waals surface area contributed by atoms with Gasteiger partial charge in [0, 0.05) is 12.3 Å². The highest BCUT2D eigenvalue weighted by atomic mass is 35.5. The van der Waals surface area contributed by atoms with Crippen molar-refractivity contribution < 1.29 is 27.5 Å². The van der Waals surface area contributed by atoms with Crippen LogP contribution in [0.3, 0.4) is 0 Å². The molecule has 12 heteroatoms. The standard InChI is InChI=1S/C15H15ClN4O6S/c1-2-25-13(21)10-5-3-4-6-11(10)27(23,24)20-15(22)19-14-17-8-7-12(18-14)26-9-16/h3-8H,2,9H2,1H3,(H2,17,18,19,20,22). The molecular weight excluding hydrogens is 400 g/mol. The number of urea groups is 1. The number of hydrogen-bond donors (Lipinski definition) is 2. The fraction of sp³-hybridized carbons (Fsp3) is 0.200. The highest BCUT2D eigenvalue weighted by Gasteiger charge is 2.25. The van der Waals surface area contributed by atoms with Crippen LogP contribution in [0.25, 0.3) is 0 Å². The molecule has 0 aliphatic carbocycles. The minimum atomic E-state index is -4.36. The van der Waals surface area contributed by atoms with Crippen molar-refractivity contribution in [3.63, 3.8) is 0 Å². The number of benzene rings is 1. The first-order valence-corrected chi connectivity index (χ1v) is 9.51. The van der Waals surface area contributed by atoms with E-state index in [-0.39, 0.29) is 30.1 Å². The number of nitrogens with one attached hydrogen (secondary N) is 2. The van der Waals surface area contributed by atoms with E-state index in [1.165, 1.54) is 36.5 Å². The predicted octanol–water partition coefficient (Wildman–Crippen LogP) is 1.74. The summed E-state index contributed by atoms with van der Waals surface area (Å²) >= 11 is 5.41. The molecule has 2 N–H and O–H groups in total. The van der Waals surface area contributed by atoms with E-state index in [0.717, 1.165) is 0 Å². The number of rotatable bonds is 7. The summed E-state index contributed by atoms with van der Waals surface area (Å²) in [4.78, 5) is 31.1. The lowest BCUT2D eigenvalue weighted by Crippen LogP contribution is -2.35. The number of nitrogens with zero attached hydrogens (tertiary/aromatic N) is 2. The number of alkyl halides is 1. The van der Waals surface area contributed by atoms with Gasteiger partial charge in [-0.2, -0.15) is 4.98 Å². The van der Waals surface area contributed by atoms with E-state index >= 15 is 0 Å². The molecule has 0 saturated carbocycles. The molecule has 27 heavy (non-hydrogen) atoms. The number of carbonyl (C=O) groups is 2. The first-order valence-electron chi connectivity index (χ1n) is 7.49. The van der Waals surface area contributed by atoms with E-state index in [2.05, 4.69) is 15.3 Å². The van der Waals surface area contributed by atoms with Gasteiger partial charge < -0.3 is 9.47 Å². The molecule has 1 heterocycles. The van der Waals surface area contributed by atoms with Crippen LogP contribution in [0.15, 0.2) is 41.4 Å². The third-order valence-corrected chi connectivity index (χ3v) is 4.46. The minimum Gasteiger partial charge on any atom is -0.462 e. The van der Waals surface area contributed by atoms with Crippen LogP contribution in [0.2, 0.25) is 0 Å². The maximum Gasteiger partial charge on any atom is 0.339 e. The van der Waals surface area contributed by atoms with Gasteiger partial charge in [-0.3, -0.25) is 5.32 Å². The fourth-order valence-electron chi connectivity index (χ4n) is 1.92. The van der Waals surface area contributed by atoms with Gasteiger partial charge in [-0.1, -0.05) is 23.7 Å². The van der Waals surface area contributed by atoms with Crippen molar-refractivity contribution in [2.24, 2.45) is 0 Å². The highest BCUT2D eigenvalue weighted by Crippen LogP contribution is 2.17. The van der Waals surface area contributed by atoms with Gasteiger partial charge in [0.25, 0.3) is 10.0 Å². The van der Waals surface area contributed by atoms with Crippen LogP contribution in [0.1, 0.15) is 17.3 Å². The van der Waals surface area contributed by atoms with E-state index in [9.17, 15) is 18.0 Å². The maximum absolute atomic E-state index is 12.5. The number of hydrogen-bond acceptors (Lipinski definition) is 8. The Hall–Kier alpha value is -2.92. The van der Waals surface area contributed by atoms with Crippen molar-refractivity contribution in [2.75, 3.05) is 18.0 Å². The molecule has 0 saturated heterocycles. The summed E-state index contributed by atoms with van der Waals surface area (Å²) in [5.74, 6) is -0.942. The lowest BCUT2D eigenvalue weighted by atomic mass is 10.2. The summed E-state index contributed by atoms with van der Waals surface area (Å²) in [5, 5.41) is 2.15. The van der Waals surface area contributed by atoms with Crippen LogP contribution in [-0.4, -0.2) is 43.1 Å². The summed E-state index contributed by atoms with van der Waals surface area (Å²) < 4.78 is 36.5. The Morgan fingerprint density at radius 1 is 1.22 bits per heavy atom. The van der Waals surface area contributed by atoms with Gasteiger partial charge in [0.2, 0.25) is 11.8 Å². The Labute approximate surface area is 159 Å². The predicted molar refractivity (Wildman–Crippen MR) is 95.1 cm³/mol. The fourth-order valence-corrected chi connectivity index (χ4v) is 3.14. The first kappa shape index (κ1) is 20.4. The normalized spacial score (nSPS) is 10.7. The topological polar surface area (TPSA) is 137 Å². The Morgan fingerprint density at radius 2 is 1.96 bits per heavy atom. The second kappa shape index (κ2) is 9.14. The largest absolute Gasteiger partial charge is 0.462 e. The Balaban J connectivity index is 2.18. The van der Waals surface area contributed by atoms with Gasteiger partial charge in [-0.05, 0) is 19.1 Å². The molecule has 0 fully saturated rings. The molecule has 144 valence electrons. The van der Waals surface area contributed by atoms with Gasteiger partial charge in [-0.15, -0.1) is 0 Å². The monoisotopic (exact) mass is 414 g/mol. The average molecular weight is 415 g/mol. The molecule has 2 amide bonds. The summed E-state index contributed by atoms with van der Waals surface area (Å²) in [6.07, 6.45) is 1.29. The Kier molecular flexibility index (Phi) is 6.91. The van der Waals surface area contributed by atoms with Crippen molar-refractivity contribution in [1.29, 1.82) is 0 Å². The number of halogens is 1. The van der Waals surface area contributed by atoms with Crippen LogP contribution in [-0.2, 0) is 14.8 Å². The number of sulfonamides is 1. The number of carbonyl (C=O) groups excluding carboxylic acids is 2. The minimum absolute atomic E-state index is 0.0686. The molecule has 1 aromatic carbocycles. The third kappa shape index (κ3) is 5.53. The lowest BCUT2D eigenvalue weighted by molar-refractivity contribution is 0.0521. The van der Waals surface area contributed by atoms with Crippen molar-refractivity contribution in [1.82, 2.24) is 14.7 Å². The van der Waals surface area contributed by atoms with Crippen molar-refractivity contribution in [3.8, 4) is 5.88 Å². The quantitative estimate of drug-likeness (QED) is 0.516. The zero-order chi connectivity index (χ0) is 19.9. The number of amides is 2. The molecule has 2 aromatic rings. The Morgan fingerprint density at radius 3 is 2.67 bits per heavy atom. The van der Waals surface area contributed by atoms with Gasteiger partial charge in [0.05, 0.1) is 12.2 Å². The molecule has 0 radical (unpaired) electrons. The SMILES string of the molecule is CCOC(=O)c1ccccc1S(=O)(=O)NC(=O)Nc1nccc(OCCl)n1. The molecule has 1 aromatic heterocycles. The lowest BCUT2D eigenvalue weighted by Gasteiger charge is -2.11. The molecule has 10 nitrogen and oxygen atoms in total. The van der Waals surface area contributed by atoms with Crippen molar-refractivity contribution in [2.45, 2.75) is 11.8 Å². The van der Waals surface area contributed by atoms with Crippen LogP contribution in [0.5, 0.6) is 5.88 Å². The van der Waals surface area contributed by atoms with Gasteiger partial charge in [0.1, 0.15) is 4.90 Å². The molecule has 0 aliphatic rings. The van der Waals surface area contributed by atoms with E-state index in [4.69, 9.17) is 21.1 Å². The second-order valence-electron chi connectivity index (χ2n) is 4.75.